The fourth-order valence-corrected chi connectivity index (χ4v) is 3.87. The van der Waals surface area contributed by atoms with Crippen LogP contribution in [0.25, 0.3) is 11.0 Å². The molecule has 0 saturated carbocycles. The second kappa shape index (κ2) is 6.76. The van der Waals surface area contributed by atoms with Crippen LogP contribution in [0.1, 0.15) is 24.2 Å². The van der Waals surface area contributed by atoms with E-state index in [2.05, 4.69) is 35.5 Å². The predicted molar refractivity (Wildman–Crippen MR) is 103 cm³/mol. The van der Waals surface area contributed by atoms with Crippen molar-refractivity contribution in [3.8, 4) is 0 Å². The number of nitrogens with zero attached hydrogens (tertiary/aromatic N) is 4. The van der Waals surface area contributed by atoms with Crippen molar-refractivity contribution in [2.45, 2.75) is 19.9 Å². The molecule has 138 valence electrons. The Morgan fingerprint density at radius 3 is 2.77 bits per heavy atom. The predicted octanol–water partition coefficient (Wildman–Crippen LogP) is 2.45. The van der Waals surface area contributed by atoms with Gasteiger partial charge in [-0.1, -0.05) is 26.0 Å². The van der Waals surface area contributed by atoms with Crippen LogP contribution in [0.3, 0.4) is 0 Å². The summed E-state index contributed by atoms with van der Waals surface area (Å²) in [6, 6.07) is 6.03. The highest BCUT2D eigenvalue weighted by Gasteiger charge is 2.28. The number of carbonyl (C=O) groups is 1. The zero-order valence-electron chi connectivity index (χ0n) is 15.7. The molecule has 3 heterocycles. The largest absolute Gasteiger partial charge is 0.378 e. The van der Waals surface area contributed by atoms with Gasteiger partial charge in [-0.2, -0.15) is 0 Å². The van der Waals surface area contributed by atoms with E-state index in [1.807, 2.05) is 30.1 Å². The van der Waals surface area contributed by atoms with Gasteiger partial charge in [-0.05, 0) is 24.1 Å². The fraction of sp³-hybridized carbons (Fsp3) is 0.500. The maximum absolute atomic E-state index is 13.0. The third-order valence-corrected chi connectivity index (χ3v) is 5.34. The third kappa shape index (κ3) is 2.88. The highest BCUT2D eigenvalue weighted by molar-refractivity contribution is 5.98. The molecular formula is C20H26N4O2. The first-order chi connectivity index (χ1) is 12.6. The molecule has 0 bridgehead atoms. The van der Waals surface area contributed by atoms with Gasteiger partial charge in [0.05, 0.1) is 30.3 Å². The van der Waals surface area contributed by atoms with Crippen molar-refractivity contribution < 1.29 is 9.53 Å². The summed E-state index contributed by atoms with van der Waals surface area (Å²) in [6.45, 7) is 8.13. The first kappa shape index (κ1) is 17.1. The Morgan fingerprint density at radius 1 is 1.27 bits per heavy atom. The number of rotatable bonds is 3. The van der Waals surface area contributed by atoms with E-state index < -0.39 is 0 Å². The fourth-order valence-electron chi connectivity index (χ4n) is 3.87. The minimum absolute atomic E-state index is 0.0779. The van der Waals surface area contributed by atoms with E-state index in [1.165, 1.54) is 0 Å². The number of ether oxygens (including phenoxy) is 1. The van der Waals surface area contributed by atoms with Crippen molar-refractivity contribution in [3.63, 3.8) is 0 Å². The Hall–Kier alpha value is -2.34. The van der Waals surface area contributed by atoms with E-state index in [-0.39, 0.29) is 11.9 Å². The van der Waals surface area contributed by atoms with Gasteiger partial charge in [0.2, 0.25) is 5.95 Å². The van der Waals surface area contributed by atoms with Gasteiger partial charge in [0.25, 0.3) is 5.91 Å². The van der Waals surface area contributed by atoms with E-state index in [1.54, 1.807) is 0 Å². The second-order valence-electron chi connectivity index (χ2n) is 7.39. The van der Waals surface area contributed by atoms with Gasteiger partial charge in [-0.25, -0.2) is 4.98 Å². The second-order valence-corrected chi connectivity index (χ2v) is 7.39. The lowest BCUT2D eigenvalue weighted by molar-refractivity contribution is 0.0720. The first-order valence-corrected chi connectivity index (χ1v) is 9.33. The quantitative estimate of drug-likeness (QED) is 0.795. The molecule has 26 heavy (non-hydrogen) atoms. The van der Waals surface area contributed by atoms with Crippen LogP contribution in [0.2, 0.25) is 0 Å². The summed E-state index contributed by atoms with van der Waals surface area (Å²) in [4.78, 5) is 22.0. The summed E-state index contributed by atoms with van der Waals surface area (Å²) in [5.74, 6) is 1.43. The SMILES string of the molecule is CC(C)[C@@H]1C=CCN1C(=O)c1ccc2c(c1)nc(N1CCOCC1)n2C. The number of benzene rings is 1. The average molecular weight is 354 g/mol. The molecule has 2 aliphatic rings. The molecule has 0 unspecified atom stereocenters. The lowest BCUT2D eigenvalue weighted by Gasteiger charge is -2.27. The Morgan fingerprint density at radius 2 is 2.04 bits per heavy atom. The van der Waals surface area contributed by atoms with Crippen molar-refractivity contribution in [3.05, 3.63) is 35.9 Å². The number of morpholine rings is 1. The smallest absolute Gasteiger partial charge is 0.254 e. The molecule has 0 radical (unpaired) electrons. The summed E-state index contributed by atoms with van der Waals surface area (Å²) in [7, 11) is 2.03. The van der Waals surface area contributed by atoms with Crippen LogP contribution in [-0.4, -0.2) is 59.2 Å². The molecule has 0 spiro atoms. The van der Waals surface area contributed by atoms with Gasteiger partial charge < -0.3 is 19.1 Å². The molecule has 1 saturated heterocycles. The summed E-state index contributed by atoms with van der Waals surface area (Å²) in [5, 5.41) is 0. The highest BCUT2D eigenvalue weighted by Crippen LogP contribution is 2.25. The molecule has 0 aliphatic carbocycles. The van der Waals surface area contributed by atoms with Crippen molar-refractivity contribution in [1.29, 1.82) is 0 Å². The number of hydrogen-bond acceptors (Lipinski definition) is 4. The van der Waals surface area contributed by atoms with Crippen LogP contribution in [0.4, 0.5) is 5.95 Å². The number of amides is 1. The summed E-state index contributed by atoms with van der Waals surface area (Å²) in [5.41, 5.74) is 2.62. The number of imidazole rings is 1. The lowest BCUT2D eigenvalue weighted by Crippen LogP contribution is -2.39. The van der Waals surface area contributed by atoms with Gasteiger partial charge in [-0.3, -0.25) is 4.79 Å². The molecule has 6 nitrogen and oxygen atoms in total. The molecule has 1 atom stereocenters. The monoisotopic (exact) mass is 354 g/mol. The van der Waals surface area contributed by atoms with E-state index in [0.717, 1.165) is 43.3 Å². The van der Waals surface area contributed by atoms with Gasteiger partial charge >= 0.3 is 0 Å². The molecular weight excluding hydrogens is 328 g/mol. The molecule has 2 aromatic rings. The van der Waals surface area contributed by atoms with E-state index in [0.29, 0.717) is 18.0 Å². The van der Waals surface area contributed by atoms with Crippen LogP contribution < -0.4 is 4.90 Å². The topological polar surface area (TPSA) is 50.6 Å². The molecule has 0 N–H and O–H groups in total. The lowest BCUT2D eigenvalue weighted by atomic mass is 10.0. The summed E-state index contributed by atoms with van der Waals surface area (Å²) >= 11 is 0. The Bertz CT molecular complexity index is 849. The molecule has 1 aromatic carbocycles. The van der Waals surface area contributed by atoms with Gasteiger partial charge in [0.15, 0.2) is 0 Å². The van der Waals surface area contributed by atoms with Gasteiger partial charge in [-0.15, -0.1) is 0 Å². The van der Waals surface area contributed by atoms with Crippen LogP contribution in [0.5, 0.6) is 0 Å². The molecule has 1 fully saturated rings. The van der Waals surface area contributed by atoms with E-state index in [9.17, 15) is 4.79 Å². The van der Waals surface area contributed by atoms with Gasteiger partial charge in [0, 0.05) is 32.2 Å². The number of anilines is 1. The van der Waals surface area contributed by atoms with Crippen molar-refractivity contribution >= 4 is 22.9 Å². The molecule has 1 aromatic heterocycles. The van der Waals surface area contributed by atoms with E-state index >= 15 is 0 Å². The number of carbonyl (C=O) groups excluding carboxylic acids is 1. The maximum atomic E-state index is 13.0. The average Bonchev–Trinajstić information content (AvgIpc) is 3.27. The number of aromatic nitrogens is 2. The van der Waals surface area contributed by atoms with Crippen LogP contribution in [0.15, 0.2) is 30.4 Å². The summed E-state index contributed by atoms with van der Waals surface area (Å²) < 4.78 is 7.54. The Labute approximate surface area is 154 Å². The third-order valence-electron chi connectivity index (χ3n) is 5.34. The van der Waals surface area contributed by atoms with E-state index in [4.69, 9.17) is 9.72 Å². The zero-order chi connectivity index (χ0) is 18.3. The van der Waals surface area contributed by atoms with Crippen LogP contribution in [-0.2, 0) is 11.8 Å². The molecule has 4 rings (SSSR count). The van der Waals surface area contributed by atoms with Gasteiger partial charge in [0.1, 0.15) is 0 Å². The van der Waals surface area contributed by atoms with Crippen molar-refractivity contribution in [2.75, 3.05) is 37.7 Å². The minimum atomic E-state index is 0.0779. The Kier molecular flexibility index (Phi) is 4.44. The number of fused-ring (bicyclic) bond motifs is 1. The van der Waals surface area contributed by atoms with Crippen molar-refractivity contribution in [1.82, 2.24) is 14.5 Å². The van der Waals surface area contributed by atoms with Crippen LogP contribution >= 0.6 is 0 Å². The minimum Gasteiger partial charge on any atom is -0.378 e. The Balaban J connectivity index is 1.64. The standard InChI is InChI=1S/C20H26N4O2/c1-14(2)17-5-4-8-24(17)19(25)15-6-7-18-16(13-15)21-20(22(18)3)23-9-11-26-12-10-23/h4-7,13-14,17H,8-12H2,1-3H3/t17-/m0/s1. The normalized spacial score (nSPS) is 20.5. The summed E-state index contributed by atoms with van der Waals surface area (Å²) in [6.07, 6.45) is 4.22. The number of aryl methyl sites for hydroxylation is 1. The number of hydrogen-bond donors (Lipinski definition) is 0. The first-order valence-electron chi connectivity index (χ1n) is 9.33. The maximum Gasteiger partial charge on any atom is 0.254 e. The molecule has 1 amide bonds. The molecule has 2 aliphatic heterocycles. The van der Waals surface area contributed by atoms with Crippen LogP contribution in [0, 0.1) is 5.92 Å². The highest BCUT2D eigenvalue weighted by atomic mass is 16.5. The molecule has 6 heteroatoms. The van der Waals surface area contributed by atoms with Crippen molar-refractivity contribution in [2.24, 2.45) is 13.0 Å². The zero-order valence-corrected chi connectivity index (χ0v) is 15.7.